The maximum absolute atomic E-state index is 13.8. The molecule has 0 spiro atoms. The third-order valence-electron chi connectivity index (χ3n) is 3.87. The van der Waals surface area contributed by atoms with Gasteiger partial charge in [-0.15, -0.1) is 0 Å². The molecule has 0 aliphatic heterocycles. The van der Waals surface area contributed by atoms with Gasteiger partial charge in [0.1, 0.15) is 0 Å². The Hall–Kier alpha value is -0.960. The molecule has 100 valence electrons. The van der Waals surface area contributed by atoms with E-state index in [0.717, 1.165) is 19.3 Å². The van der Waals surface area contributed by atoms with Crippen LogP contribution in [0, 0.1) is 17.7 Å². The topological polar surface area (TPSA) is 35.2 Å². The number of anilines is 1. The van der Waals surface area contributed by atoms with Gasteiger partial charge >= 0.3 is 0 Å². The highest BCUT2D eigenvalue weighted by Gasteiger charge is 2.27. The summed E-state index contributed by atoms with van der Waals surface area (Å²) in [5.41, 5.74) is 6.02. The molecule has 1 aliphatic rings. The van der Waals surface area contributed by atoms with Gasteiger partial charge in [0.25, 0.3) is 0 Å². The van der Waals surface area contributed by atoms with Crippen LogP contribution in [0.25, 0.3) is 0 Å². The highest BCUT2D eigenvalue weighted by Crippen LogP contribution is 2.35. The second kappa shape index (κ2) is 5.35. The maximum atomic E-state index is 13.8. The quantitative estimate of drug-likeness (QED) is 0.816. The van der Waals surface area contributed by atoms with Gasteiger partial charge in [-0.1, -0.05) is 25.4 Å². The molecular weight excluding hydrogens is 253 g/mol. The molecule has 1 aromatic rings. The standard InChI is InChI=1S/C14H19ClFNO/c1-8-3-4-11(5-9(8)2)18-14-12(16)6-10(15)7-13(14)17/h6-9,11H,3-5,17H2,1-2H3. The Morgan fingerprint density at radius 2 is 2.00 bits per heavy atom. The first-order valence-corrected chi connectivity index (χ1v) is 6.76. The fraction of sp³-hybridized carbons (Fsp3) is 0.571. The lowest BCUT2D eigenvalue weighted by Gasteiger charge is -2.32. The van der Waals surface area contributed by atoms with Crippen molar-refractivity contribution in [1.82, 2.24) is 0 Å². The molecule has 2 nitrogen and oxygen atoms in total. The number of nitrogens with two attached hydrogens (primary N) is 1. The fourth-order valence-corrected chi connectivity index (χ4v) is 2.69. The molecule has 18 heavy (non-hydrogen) atoms. The summed E-state index contributed by atoms with van der Waals surface area (Å²) < 4.78 is 19.5. The molecule has 1 aromatic carbocycles. The normalized spacial score (nSPS) is 28.1. The van der Waals surface area contributed by atoms with Crippen molar-refractivity contribution >= 4 is 17.3 Å². The van der Waals surface area contributed by atoms with Gasteiger partial charge in [-0.25, -0.2) is 4.39 Å². The van der Waals surface area contributed by atoms with Crippen molar-refractivity contribution in [1.29, 1.82) is 0 Å². The zero-order valence-electron chi connectivity index (χ0n) is 10.7. The summed E-state index contributed by atoms with van der Waals surface area (Å²) >= 11 is 5.73. The van der Waals surface area contributed by atoms with E-state index in [1.807, 2.05) is 0 Å². The average Bonchev–Trinajstić information content (AvgIpc) is 2.28. The van der Waals surface area contributed by atoms with E-state index in [1.54, 1.807) is 0 Å². The number of benzene rings is 1. The van der Waals surface area contributed by atoms with Gasteiger partial charge in [-0.05, 0) is 43.2 Å². The molecule has 4 heteroatoms. The zero-order chi connectivity index (χ0) is 13.3. The van der Waals surface area contributed by atoms with Gasteiger partial charge < -0.3 is 10.5 Å². The predicted octanol–water partition coefficient (Wildman–Crippen LogP) is 4.26. The number of nitrogen functional groups attached to an aromatic ring is 1. The molecule has 1 saturated carbocycles. The molecule has 0 saturated heterocycles. The van der Waals surface area contributed by atoms with Crippen LogP contribution in [-0.2, 0) is 0 Å². The molecule has 2 rings (SSSR count). The van der Waals surface area contributed by atoms with Crippen LogP contribution in [-0.4, -0.2) is 6.10 Å². The molecule has 1 aliphatic carbocycles. The Bertz CT molecular complexity index is 415. The summed E-state index contributed by atoms with van der Waals surface area (Å²) in [6.45, 7) is 4.46. The summed E-state index contributed by atoms with van der Waals surface area (Å²) in [5.74, 6) is 0.968. The summed E-state index contributed by atoms with van der Waals surface area (Å²) in [6.07, 6.45) is 3.06. The molecule has 0 radical (unpaired) electrons. The number of hydrogen-bond donors (Lipinski definition) is 1. The lowest BCUT2D eigenvalue weighted by atomic mass is 9.80. The number of hydrogen-bond acceptors (Lipinski definition) is 2. The third kappa shape index (κ3) is 2.89. The molecule has 1 fully saturated rings. The first-order chi connectivity index (χ1) is 8.47. The van der Waals surface area contributed by atoms with Gasteiger partial charge in [0.15, 0.2) is 11.6 Å². The monoisotopic (exact) mass is 271 g/mol. The van der Waals surface area contributed by atoms with E-state index in [4.69, 9.17) is 22.1 Å². The van der Waals surface area contributed by atoms with E-state index < -0.39 is 5.82 Å². The second-order valence-electron chi connectivity index (χ2n) is 5.31. The van der Waals surface area contributed by atoms with Crippen molar-refractivity contribution in [2.45, 2.75) is 39.2 Å². The second-order valence-corrected chi connectivity index (χ2v) is 5.75. The van der Waals surface area contributed by atoms with Crippen LogP contribution in [0.1, 0.15) is 33.1 Å². The molecule has 2 N–H and O–H groups in total. The first kappa shape index (κ1) is 13.5. The smallest absolute Gasteiger partial charge is 0.178 e. The largest absolute Gasteiger partial charge is 0.485 e. The molecule has 3 unspecified atom stereocenters. The van der Waals surface area contributed by atoms with Crippen molar-refractivity contribution in [2.24, 2.45) is 11.8 Å². The van der Waals surface area contributed by atoms with E-state index in [9.17, 15) is 4.39 Å². The Morgan fingerprint density at radius 1 is 1.28 bits per heavy atom. The number of ether oxygens (including phenoxy) is 1. The van der Waals surface area contributed by atoms with E-state index in [2.05, 4.69) is 13.8 Å². The highest BCUT2D eigenvalue weighted by atomic mass is 35.5. The SMILES string of the molecule is CC1CCC(Oc2c(N)cc(Cl)cc2F)CC1C. The van der Waals surface area contributed by atoms with Crippen LogP contribution in [0.5, 0.6) is 5.75 Å². The minimum atomic E-state index is -0.480. The molecule has 3 atom stereocenters. The summed E-state index contributed by atoms with van der Waals surface area (Å²) in [5, 5.41) is 0.294. The number of halogens is 2. The van der Waals surface area contributed by atoms with Crippen molar-refractivity contribution in [3.63, 3.8) is 0 Å². The van der Waals surface area contributed by atoms with E-state index in [-0.39, 0.29) is 17.5 Å². The minimum Gasteiger partial charge on any atom is -0.485 e. The molecule has 0 bridgehead atoms. The van der Waals surface area contributed by atoms with Gasteiger partial charge in [0, 0.05) is 5.02 Å². The zero-order valence-corrected chi connectivity index (χ0v) is 11.5. The summed E-state index contributed by atoms with van der Waals surface area (Å²) in [7, 11) is 0. The summed E-state index contributed by atoms with van der Waals surface area (Å²) in [6, 6.07) is 2.76. The highest BCUT2D eigenvalue weighted by molar-refractivity contribution is 6.30. The van der Waals surface area contributed by atoms with Gasteiger partial charge in [0.2, 0.25) is 0 Å². The van der Waals surface area contributed by atoms with Crippen molar-refractivity contribution in [3.8, 4) is 5.75 Å². The molecule has 0 heterocycles. The maximum Gasteiger partial charge on any atom is 0.178 e. The lowest BCUT2D eigenvalue weighted by Crippen LogP contribution is -2.29. The summed E-state index contributed by atoms with van der Waals surface area (Å²) in [4.78, 5) is 0. The van der Waals surface area contributed by atoms with Gasteiger partial charge in [0.05, 0.1) is 11.8 Å². The van der Waals surface area contributed by atoms with Crippen LogP contribution in [0.15, 0.2) is 12.1 Å². The van der Waals surface area contributed by atoms with Crippen LogP contribution in [0.4, 0.5) is 10.1 Å². The van der Waals surface area contributed by atoms with Crippen LogP contribution in [0.3, 0.4) is 0 Å². The Balaban J connectivity index is 2.10. The Labute approximate surface area is 112 Å². The minimum absolute atomic E-state index is 0.0502. The molecule has 0 amide bonds. The average molecular weight is 272 g/mol. The Kier molecular flexibility index (Phi) is 4.00. The predicted molar refractivity (Wildman–Crippen MR) is 72.4 cm³/mol. The lowest BCUT2D eigenvalue weighted by molar-refractivity contribution is 0.0975. The van der Waals surface area contributed by atoms with Crippen molar-refractivity contribution < 1.29 is 9.13 Å². The Morgan fingerprint density at radius 3 is 2.61 bits per heavy atom. The van der Waals surface area contributed by atoms with Gasteiger partial charge in [-0.3, -0.25) is 0 Å². The van der Waals surface area contributed by atoms with Crippen LogP contribution in [0.2, 0.25) is 5.02 Å². The first-order valence-electron chi connectivity index (χ1n) is 6.38. The molecule has 0 aromatic heterocycles. The van der Waals surface area contributed by atoms with Crippen LogP contribution >= 0.6 is 11.6 Å². The van der Waals surface area contributed by atoms with E-state index in [0.29, 0.717) is 16.9 Å². The third-order valence-corrected chi connectivity index (χ3v) is 4.09. The van der Waals surface area contributed by atoms with Crippen molar-refractivity contribution in [3.05, 3.63) is 23.0 Å². The van der Waals surface area contributed by atoms with E-state index >= 15 is 0 Å². The fourth-order valence-electron chi connectivity index (χ4n) is 2.48. The van der Waals surface area contributed by atoms with E-state index in [1.165, 1.54) is 12.1 Å². The van der Waals surface area contributed by atoms with Gasteiger partial charge in [-0.2, -0.15) is 0 Å². The van der Waals surface area contributed by atoms with Crippen LogP contribution < -0.4 is 10.5 Å². The van der Waals surface area contributed by atoms with Crippen molar-refractivity contribution in [2.75, 3.05) is 5.73 Å². The number of rotatable bonds is 2. The molecular formula is C14H19ClFNO.